The second-order valence-electron chi connectivity index (χ2n) is 8.43. The summed E-state index contributed by atoms with van der Waals surface area (Å²) in [6.07, 6.45) is 10.3. The quantitative estimate of drug-likeness (QED) is 0.180. The first-order chi connectivity index (χ1) is 12.9. The van der Waals surface area contributed by atoms with Crippen molar-refractivity contribution in [1.29, 1.82) is 0 Å². The molecule has 0 atom stereocenters. The zero-order valence-electron chi connectivity index (χ0n) is 17.9. The molecule has 1 N–H and O–H groups in total. The van der Waals surface area contributed by atoms with Gasteiger partial charge in [-0.2, -0.15) is 0 Å². The minimum atomic E-state index is -3.03. The van der Waals surface area contributed by atoms with Crippen LogP contribution in [0.15, 0.2) is 4.99 Å². The summed E-state index contributed by atoms with van der Waals surface area (Å²) in [7, 11) is -3.03. The minimum Gasteiger partial charge on any atom is -0.378 e. The molecule has 1 saturated heterocycles. The number of guanidine groups is 1. The average molecular weight is 530 g/mol. The highest BCUT2D eigenvalue weighted by molar-refractivity contribution is 14.0. The van der Waals surface area contributed by atoms with Crippen molar-refractivity contribution < 1.29 is 13.2 Å². The first kappa shape index (κ1) is 25.9. The molecule has 0 aromatic heterocycles. The van der Waals surface area contributed by atoms with Crippen LogP contribution in [0.1, 0.15) is 72.1 Å². The Morgan fingerprint density at radius 1 is 1.18 bits per heavy atom. The Morgan fingerprint density at radius 2 is 1.86 bits per heavy atom. The summed E-state index contributed by atoms with van der Waals surface area (Å²) < 4.78 is 29.7. The molecule has 0 radical (unpaired) electrons. The fourth-order valence-corrected chi connectivity index (χ4v) is 5.17. The number of nitrogens with zero attached hydrogens (tertiary/aromatic N) is 2. The molecule has 0 aromatic rings. The maximum atomic E-state index is 12.2. The van der Waals surface area contributed by atoms with E-state index in [0.29, 0.717) is 19.2 Å². The van der Waals surface area contributed by atoms with Gasteiger partial charge in [-0.1, -0.05) is 25.7 Å². The normalized spacial score (nSPS) is 23.0. The van der Waals surface area contributed by atoms with Crippen molar-refractivity contribution in [3.63, 3.8) is 0 Å². The lowest BCUT2D eigenvalue weighted by Crippen LogP contribution is -2.57. The van der Waals surface area contributed by atoms with Gasteiger partial charge in [-0.25, -0.2) is 8.42 Å². The van der Waals surface area contributed by atoms with Crippen LogP contribution in [0.3, 0.4) is 0 Å². The molecule has 166 valence electrons. The number of ether oxygens (including phenoxy) is 1. The summed E-state index contributed by atoms with van der Waals surface area (Å²) in [5.41, 5.74) is 0. The lowest BCUT2D eigenvalue weighted by atomic mass is 10.1. The third-order valence-electron chi connectivity index (χ3n) is 5.65. The summed E-state index contributed by atoms with van der Waals surface area (Å²) in [6.45, 7) is 9.03. The molecule has 2 aliphatic rings. The van der Waals surface area contributed by atoms with Crippen LogP contribution in [-0.4, -0.2) is 68.7 Å². The van der Waals surface area contributed by atoms with Crippen LogP contribution in [0.2, 0.25) is 0 Å². The van der Waals surface area contributed by atoms with Crippen molar-refractivity contribution in [2.24, 2.45) is 4.99 Å². The SMILES string of the molecule is CCNC(=NCCCCOC1CCCCCC1)N1CCS(=O)(=O)C(C)(C)C1.I. The summed E-state index contributed by atoms with van der Waals surface area (Å²) in [5, 5.41) is 3.32. The Morgan fingerprint density at radius 3 is 2.46 bits per heavy atom. The highest BCUT2D eigenvalue weighted by Gasteiger charge is 2.40. The van der Waals surface area contributed by atoms with Crippen LogP contribution in [-0.2, 0) is 14.6 Å². The number of halogens is 1. The molecule has 2 rings (SSSR count). The number of nitrogens with one attached hydrogen (secondary N) is 1. The molecule has 28 heavy (non-hydrogen) atoms. The number of unbranched alkanes of at least 4 members (excludes halogenated alkanes) is 1. The van der Waals surface area contributed by atoms with Crippen LogP contribution in [0.4, 0.5) is 0 Å². The lowest BCUT2D eigenvalue weighted by Gasteiger charge is -2.39. The van der Waals surface area contributed by atoms with Gasteiger partial charge in [-0.3, -0.25) is 4.99 Å². The maximum Gasteiger partial charge on any atom is 0.193 e. The molecule has 1 aliphatic heterocycles. The first-order valence-electron chi connectivity index (χ1n) is 10.7. The summed E-state index contributed by atoms with van der Waals surface area (Å²) in [5.74, 6) is 1.03. The van der Waals surface area contributed by atoms with Gasteiger partial charge in [0.2, 0.25) is 0 Å². The van der Waals surface area contributed by atoms with Gasteiger partial charge in [0.05, 0.1) is 16.6 Å². The standard InChI is InChI=1S/C20H39N3O3S.HI/c1-4-21-19(23-14-16-27(24,25)20(2,3)17-23)22-13-9-10-15-26-18-11-7-5-6-8-12-18;/h18H,4-17H2,1-3H3,(H,21,22);1H. The van der Waals surface area contributed by atoms with Gasteiger partial charge in [0.15, 0.2) is 15.8 Å². The van der Waals surface area contributed by atoms with Gasteiger partial charge in [0, 0.05) is 32.8 Å². The molecular formula is C20H40IN3O3S. The van der Waals surface area contributed by atoms with Crippen molar-refractivity contribution in [1.82, 2.24) is 10.2 Å². The van der Waals surface area contributed by atoms with E-state index in [-0.39, 0.29) is 29.7 Å². The Labute approximate surface area is 189 Å². The molecule has 0 amide bonds. The summed E-state index contributed by atoms with van der Waals surface area (Å²) >= 11 is 0. The predicted molar refractivity (Wildman–Crippen MR) is 128 cm³/mol. The van der Waals surface area contributed by atoms with Gasteiger partial charge in [-0.05, 0) is 46.5 Å². The Hall–Kier alpha value is -0.0900. The number of rotatable bonds is 7. The number of hydrogen-bond donors (Lipinski definition) is 1. The predicted octanol–water partition coefficient (Wildman–Crippen LogP) is 3.60. The summed E-state index contributed by atoms with van der Waals surface area (Å²) in [4.78, 5) is 6.82. The molecular weight excluding hydrogens is 489 g/mol. The smallest absolute Gasteiger partial charge is 0.193 e. The van der Waals surface area contributed by atoms with Crippen molar-refractivity contribution in [2.45, 2.75) is 83.0 Å². The van der Waals surface area contributed by atoms with Crippen LogP contribution in [0.25, 0.3) is 0 Å². The van der Waals surface area contributed by atoms with Crippen molar-refractivity contribution >= 4 is 39.8 Å². The zero-order valence-corrected chi connectivity index (χ0v) is 21.1. The van der Waals surface area contributed by atoms with Crippen molar-refractivity contribution in [2.75, 3.05) is 38.5 Å². The van der Waals surface area contributed by atoms with Crippen molar-refractivity contribution in [3.8, 4) is 0 Å². The third kappa shape index (κ3) is 7.97. The van der Waals surface area contributed by atoms with Gasteiger partial charge >= 0.3 is 0 Å². The van der Waals surface area contributed by atoms with Gasteiger partial charge < -0.3 is 15.0 Å². The van der Waals surface area contributed by atoms with Crippen molar-refractivity contribution in [3.05, 3.63) is 0 Å². The zero-order chi connectivity index (χ0) is 19.8. The van der Waals surface area contributed by atoms with E-state index in [2.05, 4.69) is 10.2 Å². The number of sulfone groups is 1. The van der Waals surface area contributed by atoms with E-state index in [4.69, 9.17) is 9.73 Å². The Bertz CT molecular complexity index is 573. The maximum absolute atomic E-state index is 12.2. The van der Waals surface area contributed by atoms with Crippen LogP contribution in [0.5, 0.6) is 0 Å². The second kappa shape index (κ2) is 12.6. The lowest BCUT2D eigenvalue weighted by molar-refractivity contribution is 0.0412. The molecule has 0 aromatic carbocycles. The molecule has 0 bridgehead atoms. The van der Waals surface area contributed by atoms with Gasteiger partial charge in [0.1, 0.15) is 0 Å². The topological polar surface area (TPSA) is 71.0 Å². The highest BCUT2D eigenvalue weighted by Crippen LogP contribution is 2.24. The monoisotopic (exact) mass is 529 g/mol. The largest absolute Gasteiger partial charge is 0.378 e. The first-order valence-corrected chi connectivity index (χ1v) is 12.4. The Balaban J connectivity index is 0.00000392. The van der Waals surface area contributed by atoms with E-state index in [9.17, 15) is 8.42 Å². The second-order valence-corrected chi connectivity index (χ2v) is 11.2. The van der Waals surface area contributed by atoms with E-state index >= 15 is 0 Å². The highest BCUT2D eigenvalue weighted by atomic mass is 127. The van der Waals surface area contributed by atoms with Gasteiger partial charge in [0.25, 0.3) is 0 Å². The van der Waals surface area contributed by atoms with E-state index in [0.717, 1.165) is 38.5 Å². The molecule has 0 unspecified atom stereocenters. The molecule has 0 spiro atoms. The van der Waals surface area contributed by atoms with Crippen LogP contribution >= 0.6 is 24.0 Å². The fourth-order valence-electron chi connectivity index (χ4n) is 3.81. The molecule has 8 heteroatoms. The van der Waals surface area contributed by atoms with Gasteiger partial charge in [-0.15, -0.1) is 24.0 Å². The molecule has 1 aliphatic carbocycles. The molecule has 2 fully saturated rings. The molecule has 1 heterocycles. The number of hydrogen-bond acceptors (Lipinski definition) is 4. The fraction of sp³-hybridized carbons (Fsp3) is 0.950. The Kier molecular flexibility index (Phi) is 11.6. The minimum absolute atomic E-state index is 0. The van der Waals surface area contributed by atoms with E-state index < -0.39 is 14.6 Å². The van der Waals surface area contributed by atoms with Crippen LogP contribution < -0.4 is 5.32 Å². The summed E-state index contributed by atoms with van der Waals surface area (Å²) in [6, 6.07) is 0. The third-order valence-corrected chi connectivity index (χ3v) is 8.18. The molecule has 1 saturated carbocycles. The van der Waals surface area contributed by atoms with E-state index in [1.165, 1.54) is 38.5 Å². The van der Waals surface area contributed by atoms with Crippen LogP contribution in [0, 0.1) is 0 Å². The average Bonchev–Trinajstić information content (AvgIpc) is 2.88. The van der Waals surface area contributed by atoms with E-state index in [1.807, 2.05) is 20.8 Å². The number of aliphatic imine (C=N–C) groups is 1. The molecule has 6 nitrogen and oxygen atoms in total. The van der Waals surface area contributed by atoms with E-state index in [1.54, 1.807) is 0 Å².